The molecule has 182 valence electrons. The van der Waals surface area contributed by atoms with Gasteiger partial charge in [0.2, 0.25) is 11.8 Å². The van der Waals surface area contributed by atoms with Gasteiger partial charge < -0.3 is 29.6 Å². The second-order valence-corrected chi connectivity index (χ2v) is 6.43. The molecule has 0 unspecified atom stereocenters. The van der Waals surface area contributed by atoms with E-state index >= 15 is 0 Å². The fourth-order valence-electron chi connectivity index (χ4n) is 2.52. The molecule has 0 bridgehead atoms. The van der Waals surface area contributed by atoms with Crippen molar-refractivity contribution in [3.63, 3.8) is 0 Å². The molecule has 0 aliphatic heterocycles. The maximum absolute atomic E-state index is 12.1. The number of amides is 2. The van der Waals surface area contributed by atoms with Crippen molar-refractivity contribution in [1.29, 1.82) is 0 Å². The lowest BCUT2D eigenvalue weighted by molar-refractivity contribution is -0.125. The Morgan fingerprint density at radius 1 is 0.735 bits per heavy atom. The molecule has 2 aromatic rings. The molecule has 12 heteroatoms. The van der Waals surface area contributed by atoms with E-state index in [0.717, 1.165) is 0 Å². The maximum atomic E-state index is 12.1. The smallest absolute Gasteiger partial charge is 0.344 e. The SMILES string of the molecule is CCOc1ncccc1C(=O)OCC(=O)NCCNC(=O)COC(=O)c1cccnc1OCC. The molecule has 12 nitrogen and oxygen atoms in total. The highest BCUT2D eigenvalue weighted by molar-refractivity contribution is 5.94. The summed E-state index contributed by atoms with van der Waals surface area (Å²) in [5.74, 6) is -2.37. The van der Waals surface area contributed by atoms with Gasteiger partial charge in [-0.25, -0.2) is 19.6 Å². The first-order valence-electron chi connectivity index (χ1n) is 10.5. The van der Waals surface area contributed by atoms with E-state index in [0.29, 0.717) is 13.2 Å². The normalized spacial score (nSPS) is 10.1. The highest BCUT2D eigenvalue weighted by Crippen LogP contribution is 2.16. The molecule has 0 aromatic carbocycles. The summed E-state index contributed by atoms with van der Waals surface area (Å²) in [4.78, 5) is 55.8. The van der Waals surface area contributed by atoms with Gasteiger partial charge in [0, 0.05) is 25.5 Å². The monoisotopic (exact) mass is 474 g/mol. The molecule has 2 N–H and O–H groups in total. The first kappa shape index (κ1) is 26.0. The minimum Gasteiger partial charge on any atom is -0.477 e. The largest absolute Gasteiger partial charge is 0.477 e. The summed E-state index contributed by atoms with van der Waals surface area (Å²) < 4.78 is 20.4. The van der Waals surface area contributed by atoms with Crippen molar-refractivity contribution in [3.05, 3.63) is 47.8 Å². The minimum absolute atomic E-state index is 0.0737. The molecular formula is C22H26N4O8. The molecular weight excluding hydrogens is 448 g/mol. The van der Waals surface area contributed by atoms with Crippen LogP contribution in [0, 0.1) is 0 Å². The van der Waals surface area contributed by atoms with Crippen LogP contribution in [0.2, 0.25) is 0 Å². The van der Waals surface area contributed by atoms with Gasteiger partial charge in [-0.1, -0.05) is 0 Å². The van der Waals surface area contributed by atoms with Crippen LogP contribution in [0.15, 0.2) is 36.7 Å². The van der Waals surface area contributed by atoms with Crippen LogP contribution in [-0.2, 0) is 19.1 Å². The molecule has 0 saturated carbocycles. The van der Waals surface area contributed by atoms with Gasteiger partial charge in [0.05, 0.1) is 13.2 Å². The first-order valence-corrected chi connectivity index (χ1v) is 10.5. The van der Waals surface area contributed by atoms with E-state index in [1.54, 1.807) is 26.0 Å². The predicted octanol–water partition coefficient (Wildman–Crippen LogP) is 0.520. The lowest BCUT2D eigenvalue weighted by Crippen LogP contribution is -2.38. The molecule has 0 atom stereocenters. The predicted molar refractivity (Wildman–Crippen MR) is 117 cm³/mol. The average Bonchev–Trinajstić information content (AvgIpc) is 2.85. The number of ether oxygens (including phenoxy) is 4. The van der Waals surface area contributed by atoms with Gasteiger partial charge in [0.1, 0.15) is 11.1 Å². The van der Waals surface area contributed by atoms with Crippen LogP contribution < -0.4 is 20.1 Å². The van der Waals surface area contributed by atoms with Crippen molar-refractivity contribution < 1.29 is 38.1 Å². The lowest BCUT2D eigenvalue weighted by atomic mass is 10.3. The van der Waals surface area contributed by atoms with E-state index in [9.17, 15) is 19.2 Å². The van der Waals surface area contributed by atoms with Gasteiger partial charge in [-0.2, -0.15) is 0 Å². The third-order valence-electron chi connectivity index (χ3n) is 3.98. The Kier molecular flexibility index (Phi) is 10.7. The number of hydrogen-bond acceptors (Lipinski definition) is 10. The van der Waals surface area contributed by atoms with Crippen LogP contribution in [0.1, 0.15) is 34.6 Å². The van der Waals surface area contributed by atoms with Crippen LogP contribution in [0.4, 0.5) is 0 Å². The summed E-state index contributed by atoms with van der Waals surface area (Å²) in [5.41, 5.74) is 0.220. The molecule has 34 heavy (non-hydrogen) atoms. The summed E-state index contributed by atoms with van der Waals surface area (Å²) >= 11 is 0. The van der Waals surface area contributed by atoms with Crippen LogP contribution >= 0.6 is 0 Å². The minimum atomic E-state index is -0.747. The molecule has 0 spiro atoms. The fraction of sp³-hybridized carbons (Fsp3) is 0.364. The van der Waals surface area contributed by atoms with Gasteiger partial charge in [0.25, 0.3) is 11.8 Å². The Balaban J connectivity index is 1.65. The standard InChI is InChI=1S/C22H26N4O8/c1-3-31-19-15(7-5-9-25-19)21(29)33-13-17(27)23-11-12-24-18(28)14-34-22(30)16-8-6-10-26-20(16)32-4-2/h5-10H,3-4,11-14H2,1-2H3,(H,23,27)(H,24,28). The van der Waals surface area contributed by atoms with Gasteiger partial charge in [0.15, 0.2) is 13.2 Å². The zero-order chi connectivity index (χ0) is 24.8. The highest BCUT2D eigenvalue weighted by Gasteiger charge is 2.17. The number of rotatable bonds is 13. The Hall–Kier alpha value is -4.22. The van der Waals surface area contributed by atoms with E-state index in [1.165, 1.54) is 24.5 Å². The van der Waals surface area contributed by atoms with Gasteiger partial charge in [-0.3, -0.25) is 9.59 Å². The lowest BCUT2D eigenvalue weighted by Gasteiger charge is -2.10. The highest BCUT2D eigenvalue weighted by atomic mass is 16.5. The zero-order valence-electron chi connectivity index (χ0n) is 18.9. The quantitative estimate of drug-likeness (QED) is 0.310. The average molecular weight is 474 g/mol. The summed E-state index contributed by atoms with van der Waals surface area (Å²) in [7, 11) is 0. The van der Waals surface area contributed by atoms with Crippen molar-refractivity contribution in [2.45, 2.75) is 13.8 Å². The zero-order valence-corrected chi connectivity index (χ0v) is 18.9. The van der Waals surface area contributed by atoms with E-state index in [-0.39, 0.29) is 36.0 Å². The second kappa shape index (κ2) is 14.0. The number of nitrogens with one attached hydrogen (secondary N) is 2. The number of aromatic nitrogens is 2. The molecule has 0 fully saturated rings. The van der Waals surface area contributed by atoms with Crippen molar-refractivity contribution in [1.82, 2.24) is 20.6 Å². The van der Waals surface area contributed by atoms with Crippen molar-refractivity contribution >= 4 is 23.8 Å². The first-order chi connectivity index (χ1) is 16.5. The van der Waals surface area contributed by atoms with Gasteiger partial charge >= 0.3 is 11.9 Å². The Bertz CT molecular complexity index is 919. The van der Waals surface area contributed by atoms with Gasteiger partial charge in [-0.05, 0) is 38.1 Å². The van der Waals surface area contributed by atoms with Crippen LogP contribution in [0.3, 0.4) is 0 Å². The topological polar surface area (TPSA) is 155 Å². The Labute approximate surface area is 196 Å². The second-order valence-electron chi connectivity index (χ2n) is 6.43. The molecule has 0 saturated heterocycles. The fourth-order valence-corrected chi connectivity index (χ4v) is 2.52. The number of esters is 2. The van der Waals surface area contributed by atoms with Crippen molar-refractivity contribution in [2.24, 2.45) is 0 Å². The van der Waals surface area contributed by atoms with E-state index < -0.39 is 37.0 Å². The number of carbonyl (C=O) groups is 4. The third kappa shape index (κ3) is 8.37. The maximum Gasteiger partial charge on any atom is 0.344 e. The molecule has 0 radical (unpaired) electrons. The molecule has 2 aromatic heterocycles. The van der Waals surface area contributed by atoms with E-state index in [4.69, 9.17) is 18.9 Å². The van der Waals surface area contributed by atoms with Crippen molar-refractivity contribution in [3.8, 4) is 11.8 Å². The Morgan fingerprint density at radius 2 is 1.15 bits per heavy atom. The van der Waals surface area contributed by atoms with Crippen LogP contribution in [0.5, 0.6) is 11.8 Å². The van der Waals surface area contributed by atoms with Crippen LogP contribution in [0.25, 0.3) is 0 Å². The molecule has 2 rings (SSSR count). The molecule has 2 heterocycles. The summed E-state index contributed by atoms with van der Waals surface area (Å²) in [6.45, 7) is 3.25. The molecule has 0 aliphatic carbocycles. The van der Waals surface area contributed by atoms with Crippen LogP contribution in [-0.4, -0.2) is 73.2 Å². The van der Waals surface area contributed by atoms with E-state index in [1.807, 2.05) is 0 Å². The van der Waals surface area contributed by atoms with Crippen molar-refractivity contribution in [2.75, 3.05) is 39.5 Å². The van der Waals surface area contributed by atoms with E-state index in [2.05, 4.69) is 20.6 Å². The number of pyridine rings is 2. The summed E-state index contributed by atoms with van der Waals surface area (Å²) in [5, 5.41) is 4.97. The number of nitrogens with zero attached hydrogens (tertiary/aromatic N) is 2. The number of carbonyl (C=O) groups excluding carboxylic acids is 4. The molecule has 0 aliphatic rings. The third-order valence-corrected chi connectivity index (χ3v) is 3.98. The van der Waals surface area contributed by atoms with Gasteiger partial charge in [-0.15, -0.1) is 0 Å². The summed E-state index contributed by atoms with van der Waals surface area (Å²) in [6.07, 6.45) is 2.95. The molecule has 2 amide bonds. The Morgan fingerprint density at radius 3 is 1.53 bits per heavy atom. The summed E-state index contributed by atoms with van der Waals surface area (Å²) in [6, 6.07) is 6.06. The number of hydrogen-bond donors (Lipinski definition) is 2.